The van der Waals surface area contributed by atoms with Gasteiger partial charge in [0.05, 0.1) is 17.9 Å². The molecule has 0 aliphatic heterocycles. The van der Waals surface area contributed by atoms with Crippen LogP contribution >= 0.6 is 27.5 Å². The lowest BCUT2D eigenvalue weighted by Crippen LogP contribution is -2.24. The molecule has 0 fully saturated rings. The Bertz CT molecular complexity index is 1070. The molecule has 0 saturated carbocycles. The maximum absolute atomic E-state index is 14.1. The van der Waals surface area contributed by atoms with E-state index in [4.69, 9.17) is 11.6 Å². The summed E-state index contributed by atoms with van der Waals surface area (Å²) in [7, 11) is 0. The number of nitrogens with zero attached hydrogens (tertiary/aromatic N) is 1. The number of benzene rings is 2. The van der Waals surface area contributed by atoms with Crippen LogP contribution in [-0.2, 0) is 6.54 Å². The van der Waals surface area contributed by atoms with Crippen molar-refractivity contribution < 1.29 is 14.3 Å². The van der Waals surface area contributed by atoms with E-state index in [1.54, 1.807) is 6.07 Å². The molecule has 3 aromatic rings. The van der Waals surface area contributed by atoms with Gasteiger partial charge in [0, 0.05) is 10.7 Å². The van der Waals surface area contributed by atoms with Crippen molar-refractivity contribution >= 4 is 44.9 Å². The Kier molecular flexibility index (Phi) is 5.62. The van der Waals surface area contributed by atoms with Crippen LogP contribution in [0.4, 0.5) is 15.8 Å². The molecule has 138 valence electrons. The fraction of sp³-hybridized carbons (Fsp3) is 0.0526. The summed E-state index contributed by atoms with van der Waals surface area (Å²) in [4.78, 5) is 24.3. The first-order chi connectivity index (χ1) is 12.9. The van der Waals surface area contributed by atoms with E-state index in [9.17, 15) is 19.1 Å². The third-order valence-electron chi connectivity index (χ3n) is 3.84. The SMILES string of the molecule is O=C(O)c1cn(Cc2ccccc2)c(=O)c(Cl)c1Nc1ccc(Br)cc1F. The van der Waals surface area contributed by atoms with E-state index in [1.807, 2.05) is 30.3 Å². The van der Waals surface area contributed by atoms with Gasteiger partial charge in [0.2, 0.25) is 0 Å². The molecule has 0 unspecified atom stereocenters. The molecular weight excluding hydrogens is 439 g/mol. The minimum absolute atomic E-state index is 0.00260. The summed E-state index contributed by atoms with van der Waals surface area (Å²) in [6.45, 7) is 0.159. The highest BCUT2D eigenvalue weighted by Gasteiger charge is 2.20. The lowest BCUT2D eigenvalue weighted by atomic mass is 10.2. The highest BCUT2D eigenvalue weighted by Crippen LogP contribution is 2.29. The van der Waals surface area contributed by atoms with Gasteiger partial charge in [-0.2, -0.15) is 0 Å². The summed E-state index contributed by atoms with van der Waals surface area (Å²) in [6, 6.07) is 13.3. The molecule has 0 spiro atoms. The normalized spacial score (nSPS) is 10.6. The summed E-state index contributed by atoms with van der Waals surface area (Å²) >= 11 is 9.30. The number of anilines is 2. The highest BCUT2D eigenvalue weighted by molar-refractivity contribution is 9.10. The van der Waals surface area contributed by atoms with Crippen molar-refractivity contribution in [2.75, 3.05) is 5.32 Å². The third-order valence-corrected chi connectivity index (χ3v) is 4.68. The van der Waals surface area contributed by atoms with Crippen molar-refractivity contribution in [3.63, 3.8) is 0 Å². The second-order valence-corrected chi connectivity index (χ2v) is 7.00. The number of aromatic carboxylic acids is 1. The average molecular weight is 452 g/mol. The first kappa shape index (κ1) is 19.1. The number of aromatic nitrogens is 1. The number of rotatable bonds is 5. The monoisotopic (exact) mass is 450 g/mol. The third kappa shape index (κ3) is 4.20. The van der Waals surface area contributed by atoms with Gasteiger partial charge in [-0.3, -0.25) is 4.79 Å². The quantitative estimate of drug-likeness (QED) is 0.579. The summed E-state index contributed by atoms with van der Waals surface area (Å²) in [5.41, 5.74) is -0.155. The zero-order valence-corrected chi connectivity index (χ0v) is 16.1. The van der Waals surface area contributed by atoms with Crippen molar-refractivity contribution in [1.82, 2.24) is 4.57 Å². The molecule has 2 aromatic carbocycles. The minimum Gasteiger partial charge on any atom is -0.478 e. The van der Waals surface area contributed by atoms with Crippen molar-refractivity contribution in [2.45, 2.75) is 6.54 Å². The van der Waals surface area contributed by atoms with E-state index in [2.05, 4.69) is 21.2 Å². The Morgan fingerprint density at radius 2 is 1.93 bits per heavy atom. The number of hydrogen-bond acceptors (Lipinski definition) is 3. The van der Waals surface area contributed by atoms with E-state index in [-0.39, 0.29) is 28.5 Å². The number of carboxylic acid groups (broad SMARTS) is 1. The summed E-state index contributed by atoms with van der Waals surface area (Å²) in [6.07, 6.45) is 1.20. The summed E-state index contributed by atoms with van der Waals surface area (Å²) in [5, 5.41) is 11.8. The Labute approximate surface area is 167 Å². The fourth-order valence-corrected chi connectivity index (χ4v) is 3.13. The van der Waals surface area contributed by atoms with Crippen LogP contribution in [0.3, 0.4) is 0 Å². The molecule has 0 aliphatic rings. The van der Waals surface area contributed by atoms with Crippen molar-refractivity contribution in [1.29, 1.82) is 0 Å². The first-order valence-corrected chi connectivity index (χ1v) is 8.96. The predicted molar refractivity (Wildman–Crippen MR) is 106 cm³/mol. The molecule has 2 N–H and O–H groups in total. The topological polar surface area (TPSA) is 71.3 Å². The Hall–Kier alpha value is -2.64. The molecule has 0 bridgehead atoms. The number of pyridine rings is 1. The van der Waals surface area contributed by atoms with Crippen LogP contribution in [0.1, 0.15) is 15.9 Å². The molecule has 0 amide bonds. The van der Waals surface area contributed by atoms with Crippen LogP contribution in [0, 0.1) is 5.82 Å². The van der Waals surface area contributed by atoms with Crippen molar-refractivity contribution in [3.8, 4) is 0 Å². The molecule has 3 rings (SSSR count). The molecule has 0 radical (unpaired) electrons. The molecule has 0 saturated heterocycles. The highest BCUT2D eigenvalue weighted by atomic mass is 79.9. The maximum atomic E-state index is 14.1. The predicted octanol–water partition coefficient (Wildman–Crippen LogP) is 4.89. The summed E-state index contributed by atoms with van der Waals surface area (Å²) < 4.78 is 15.8. The van der Waals surface area contributed by atoms with Crippen LogP contribution in [0.25, 0.3) is 0 Å². The zero-order valence-electron chi connectivity index (χ0n) is 13.7. The Balaban J connectivity index is 2.07. The molecule has 27 heavy (non-hydrogen) atoms. The van der Waals surface area contributed by atoms with Gasteiger partial charge in [-0.25, -0.2) is 9.18 Å². The number of carbonyl (C=O) groups is 1. The van der Waals surface area contributed by atoms with Gasteiger partial charge in [-0.15, -0.1) is 0 Å². The maximum Gasteiger partial charge on any atom is 0.339 e. The van der Waals surface area contributed by atoms with Crippen LogP contribution in [-0.4, -0.2) is 15.6 Å². The van der Waals surface area contributed by atoms with Gasteiger partial charge < -0.3 is 15.0 Å². The lowest BCUT2D eigenvalue weighted by molar-refractivity contribution is 0.0697. The Morgan fingerprint density at radius 1 is 1.22 bits per heavy atom. The van der Waals surface area contributed by atoms with E-state index in [0.29, 0.717) is 4.47 Å². The zero-order chi connectivity index (χ0) is 19.6. The largest absolute Gasteiger partial charge is 0.478 e. The summed E-state index contributed by atoms with van der Waals surface area (Å²) in [5.74, 6) is -1.91. The smallest absolute Gasteiger partial charge is 0.339 e. The van der Waals surface area contributed by atoms with Gasteiger partial charge in [0.25, 0.3) is 5.56 Å². The van der Waals surface area contributed by atoms with E-state index in [1.165, 1.54) is 22.9 Å². The van der Waals surface area contributed by atoms with E-state index in [0.717, 1.165) is 5.56 Å². The Morgan fingerprint density at radius 3 is 2.56 bits per heavy atom. The molecule has 0 atom stereocenters. The van der Waals surface area contributed by atoms with Crippen LogP contribution in [0.15, 0.2) is 64.0 Å². The van der Waals surface area contributed by atoms with E-state index >= 15 is 0 Å². The van der Waals surface area contributed by atoms with Gasteiger partial charge >= 0.3 is 5.97 Å². The number of nitrogens with one attached hydrogen (secondary N) is 1. The average Bonchev–Trinajstić information content (AvgIpc) is 2.63. The van der Waals surface area contributed by atoms with Crippen molar-refractivity contribution in [3.05, 3.63) is 91.5 Å². The first-order valence-electron chi connectivity index (χ1n) is 7.79. The van der Waals surface area contributed by atoms with E-state index < -0.39 is 17.3 Å². The molecular formula is C19H13BrClFN2O3. The van der Waals surface area contributed by atoms with Gasteiger partial charge in [-0.05, 0) is 23.8 Å². The fourth-order valence-electron chi connectivity index (χ4n) is 2.54. The van der Waals surface area contributed by atoms with Crippen molar-refractivity contribution in [2.24, 2.45) is 0 Å². The molecule has 0 aliphatic carbocycles. The second kappa shape index (κ2) is 7.94. The standard InChI is InChI=1S/C19H13BrClFN2O3/c20-12-6-7-15(14(22)8-12)23-17-13(19(26)27)10-24(18(25)16(17)21)9-11-4-2-1-3-5-11/h1-8,10,23H,9H2,(H,26,27). The second-order valence-electron chi connectivity index (χ2n) is 5.70. The molecule has 5 nitrogen and oxygen atoms in total. The number of hydrogen-bond donors (Lipinski definition) is 2. The van der Waals surface area contributed by atoms with Crippen LogP contribution in [0.2, 0.25) is 5.02 Å². The van der Waals surface area contributed by atoms with Crippen LogP contribution < -0.4 is 10.9 Å². The molecule has 1 heterocycles. The van der Waals surface area contributed by atoms with Crippen LogP contribution in [0.5, 0.6) is 0 Å². The lowest BCUT2D eigenvalue weighted by Gasteiger charge is -2.15. The minimum atomic E-state index is -1.29. The van der Waals surface area contributed by atoms with Gasteiger partial charge in [-0.1, -0.05) is 57.9 Å². The van der Waals surface area contributed by atoms with Gasteiger partial charge in [0.15, 0.2) is 0 Å². The molecule has 1 aromatic heterocycles. The molecule has 8 heteroatoms. The number of carboxylic acids is 1. The number of halogens is 3. The van der Waals surface area contributed by atoms with Gasteiger partial charge in [0.1, 0.15) is 16.4 Å².